The minimum absolute atomic E-state index is 0.142. The Morgan fingerprint density at radius 3 is 2.63 bits per heavy atom. The fraction of sp³-hybridized carbons (Fsp3) is 0.250. The van der Waals surface area contributed by atoms with Gasteiger partial charge in [0.05, 0.1) is 5.69 Å². The summed E-state index contributed by atoms with van der Waals surface area (Å²) in [4.78, 5) is 10.9. The molecule has 0 saturated heterocycles. The molecule has 2 rings (SSSR count). The van der Waals surface area contributed by atoms with Crippen molar-refractivity contribution in [2.24, 2.45) is 0 Å². The molecule has 0 bridgehead atoms. The monoisotopic (exact) mass is 268 g/mol. The summed E-state index contributed by atoms with van der Waals surface area (Å²) in [7, 11) is 0. The van der Waals surface area contributed by atoms with Gasteiger partial charge < -0.3 is 5.32 Å². The summed E-state index contributed by atoms with van der Waals surface area (Å²) in [5.74, 6) is -1.02. The Labute approximate surface area is 107 Å². The smallest absolute Gasteiger partial charge is 0.370 e. The standard InChI is InChI=1S/C12H11F3N4/c1-2-17-10-6-9(8-4-3-5-16-7-8)18-11(19-10)12(13,14)15/h3-7H,2H2,1H3,(H,17,18,19). The fourth-order valence-electron chi connectivity index (χ4n) is 1.51. The van der Waals surface area contributed by atoms with Crippen LogP contribution in [0.5, 0.6) is 0 Å². The second-order valence-corrected chi connectivity index (χ2v) is 3.73. The SMILES string of the molecule is CCNc1cc(-c2cccnc2)nc(C(F)(F)F)n1. The number of nitrogens with zero attached hydrogens (tertiary/aromatic N) is 3. The van der Waals surface area contributed by atoms with E-state index in [-0.39, 0.29) is 11.5 Å². The molecule has 7 heteroatoms. The van der Waals surface area contributed by atoms with Gasteiger partial charge in [0.25, 0.3) is 0 Å². The highest BCUT2D eigenvalue weighted by atomic mass is 19.4. The third-order valence-electron chi connectivity index (χ3n) is 2.29. The van der Waals surface area contributed by atoms with Gasteiger partial charge in [0, 0.05) is 30.6 Å². The summed E-state index contributed by atoms with van der Waals surface area (Å²) in [5.41, 5.74) is 0.695. The molecular formula is C12H11F3N4. The van der Waals surface area contributed by atoms with Crippen molar-refractivity contribution in [3.8, 4) is 11.3 Å². The molecule has 100 valence electrons. The first-order chi connectivity index (χ1) is 9.00. The molecule has 2 aromatic heterocycles. The topological polar surface area (TPSA) is 50.7 Å². The van der Waals surface area contributed by atoms with Crippen LogP contribution in [0, 0.1) is 0 Å². The summed E-state index contributed by atoms with van der Waals surface area (Å²) < 4.78 is 38.2. The number of rotatable bonds is 3. The van der Waals surface area contributed by atoms with E-state index >= 15 is 0 Å². The van der Waals surface area contributed by atoms with Gasteiger partial charge in [-0.3, -0.25) is 4.98 Å². The van der Waals surface area contributed by atoms with E-state index in [1.54, 1.807) is 25.3 Å². The largest absolute Gasteiger partial charge is 0.451 e. The van der Waals surface area contributed by atoms with Crippen LogP contribution in [0.1, 0.15) is 12.7 Å². The maximum atomic E-state index is 12.7. The first-order valence-corrected chi connectivity index (χ1v) is 5.61. The number of halogens is 3. The molecule has 0 radical (unpaired) electrons. The predicted molar refractivity (Wildman–Crippen MR) is 64.4 cm³/mol. The summed E-state index contributed by atoms with van der Waals surface area (Å²) in [6, 6.07) is 4.75. The molecule has 0 amide bonds. The van der Waals surface area contributed by atoms with Crippen LogP contribution in [-0.4, -0.2) is 21.5 Å². The van der Waals surface area contributed by atoms with Gasteiger partial charge in [-0.2, -0.15) is 13.2 Å². The molecule has 2 aromatic rings. The van der Waals surface area contributed by atoms with Gasteiger partial charge in [-0.25, -0.2) is 9.97 Å². The molecule has 0 aromatic carbocycles. The highest BCUT2D eigenvalue weighted by Gasteiger charge is 2.35. The maximum Gasteiger partial charge on any atom is 0.451 e. The molecule has 0 saturated carbocycles. The lowest BCUT2D eigenvalue weighted by atomic mass is 10.2. The Bertz CT molecular complexity index is 555. The van der Waals surface area contributed by atoms with E-state index < -0.39 is 12.0 Å². The zero-order chi connectivity index (χ0) is 13.9. The van der Waals surface area contributed by atoms with Crippen molar-refractivity contribution in [1.82, 2.24) is 15.0 Å². The lowest BCUT2D eigenvalue weighted by Crippen LogP contribution is -2.13. The predicted octanol–water partition coefficient (Wildman–Crippen LogP) is 2.99. The van der Waals surface area contributed by atoms with E-state index in [1.807, 2.05) is 0 Å². The molecule has 0 spiro atoms. The lowest BCUT2D eigenvalue weighted by Gasteiger charge is -2.10. The van der Waals surface area contributed by atoms with E-state index in [9.17, 15) is 13.2 Å². The Balaban J connectivity index is 2.52. The van der Waals surface area contributed by atoms with E-state index in [1.165, 1.54) is 12.3 Å². The molecule has 1 N–H and O–H groups in total. The second kappa shape index (κ2) is 5.21. The van der Waals surface area contributed by atoms with Crippen LogP contribution in [0.15, 0.2) is 30.6 Å². The van der Waals surface area contributed by atoms with Gasteiger partial charge in [0.2, 0.25) is 5.82 Å². The average Bonchev–Trinajstić information content (AvgIpc) is 2.39. The van der Waals surface area contributed by atoms with Crippen LogP contribution in [0.4, 0.5) is 19.0 Å². The Hall–Kier alpha value is -2.18. The number of alkyl halides is 3. The second-order valence-electron chi connectivity index (χ2n) is 3.73. The van der Waals surface area contributed by atoms with Crippen LogP contribution in [0.3, 0.4) is 0 Å². The van der Waals surface area contributed by atoms with Crippen molar-refractivity contribution < 1.29 is 13.2 Å². The summed E-state index contributed by atoms with van der Waals surface area (Å²) in [6.45, 7) is 2.25. The molecule has 0 aliphatic heterocycles. The first-order valence-electron chi connectivity index (χ1n) is 5.61. The quantitative estimate of drug-likeness (QED) is 0.929. The molecule has 0 unspecified atom stereocenters. The van der Waals surface area contributed by atoms with Gasteiger partial charge in [-0.1, -0.05) is 0 Å². The molecule has 0 aliphatic rings. The molecular weight excluding hydrogens is 257 g/mol. The minimum Gasteiger partial charge on any atom is -0.370 e. The van der Waals surface area contributed by atoms with Crippen molar-refractivity contribution in [1.29, 1.82) is 0 Å². The number of aromatic nitrogens is 3. The van der Waals surface area contributed by atoms with Crippen molar-refractivity contribution in [2.45, 2.75) is 13.1 Å². The van der Waals surface area contributed by atoms with Crippen LogP contribution >= 0.6 is 0 Å². The zero-order valence-corrected chi connectivity index (χ0v) is 10.1. The average molecular weight is 268 g/mol. The fourth-order valence-corrected chi connectivity index (χ4v) is 1.51. The van der Waals surface area contributed by atoms with Gasteiger partial charge in [0.1, 0.15) is 5.82 Å². The van der Waals surface area contributed by atoms with E-state index in [0.29, 0.717) is 12.1 Å². The van der Waals surface area contributed by atoms with Crippen molar-refractivity contribution in [3.63, 3.8) is 0 Å². The molecule has 0 aliphatic carbocycles. The molecule has 19 heavy (non-hydrogen) atoms. The van der Waals surface area contributed by atoms with E-state index in [4.69, 9.17) is 0 Å². The zero-order valence-electron chi connectivity index (χ0n) is 10.1. The van der Waals surface area contributed by atoms with Gasteiger partial charge in [0.15, 0.2) is 0 Å². The normalized spacial score (nSPS) is 11.4. The summed E-state index contributed by atoms with van der Waals surface area (Å²) in [6.07, 6.45) is -1.58. The third kappa shape index (κ3) is 3.18. The molecule has 0 atom stereocenters. The van der Waals surface area contributed by atoms with Gasteiger partial charge >= 0.3 is 6.18 Å². The van der Waals surface area contributed by atoms with Crippen LogP contribution in [0.25, 0.3) is 11.3 Å². The number of hydrogen-bond donors (Lipinski definition) is 1. The van der Waals surface area contributed by atoms with Crippen molar-refractivity contribution >= 4 is 5.82 Å². The first kappa shape index (κ1) is 13.3. The number of pyridine rings is 1. The molecule has 0 fully saturated rings. The Kier molecular flexibility index (Phi) is 3.64. The van der Waals surface area contributed by atoms with Gasteiger partial charge in [-0.05, 0) is 19.1 Å². The Morgan fingerprint density at radius 1 is 1.26 bits per heavy atom. The van der Waals surface area contributed by atoms with Gasteiger partial charge in [-0.15, -0.1) is 0 Å². The lowest BCUT2D eigenvalue weighted by molar-refractivity contribution is -0.144. The highest BCUT2D eigenvalue weighted by molar-refractivity contribution is 5.61. The maximum absolute atomic E-state index is 12.7. The Morgan fingerprint density at radius 2 is 2.05 bits per heavy atom. The summed E-state index contributed by atoms with van der Waals surface area (Å²) in [5, 5.41) is 2.76. The van der Waals surface area contributed by atoms with E-state index in [2.05, 4.69) is 20.3 Å². The number of nitrogens with one attached hydrogen (secondary N) is 1. The molecule has 4 nitrogen and oxygen atoms in total. The number of hydrogen-bond acceptors (Lipinski definition) is 4. The van der Waals surface area contributed by atoms with Crippen molar-refractivity contribution in [2.75, 3.05) is 11.9 Å². The van der Waals surface area contributed by atoms with Crippen LogP contribution in [-0.2, 0) is 6.18 Å². The van der Waals surface area contributed by atoms with Crippen molar-refractivity contribution in [3.05, 3.63) is 36.4 Å². The minimum atomic E-state index is -4.58. The van der Waals surface area contributed by atoms with Crippen LogP contribution < -0.4 is 5.32 Å². The summed E-state index contributed by atoms with van der Waals surface area (Å²) >= 11 is 0. The van der Waals surface area contributed by atoms with Crippen LogP contribution in [0.2, 0.25) is 0 Å². The highest BCUT2D eigenvalue weighted by Crippen LogP contribution is 2.29. The number of anilines is 1. The molecule has 2 heterocycles. The van der Waals surface area contributed by atoms with E-state index in [0.717, 1.165) is 0 Å². The third-order valence-corrected chi connectivity index (χ3v) is 2.29.